The zero-order valence-electron chi connectivity index (χ0n) is 12.2. The van der Waals surface area contributed by atoms with Crippen LogP contribution in [0.2, 0.25) is 0 Å². The van der Waals surface area contributed by atoms with Crippen molar-refractivity contribution in [2.24, 2.45) is 7.05 Å². The molecular formula is C17H23N3. The Bertz CT molecular complexity index is 618. The first kappa shape index (κ1) is 12.4. The van der Waals surface area contributed by atoms with Gasteiger partial charge in [-0.15, -0.1) is 0 Å². The highest BCUT2D eigenvalue weighted by molar-refractivity contribution is 5.77. The second-order valence-electron chi connectivity index (χ2n) is 6.45. The van der Waals surface area contributed by atoms with Crippen LogP contribution >= 0.6 is 0 Å². The fraction of sp³-hybridized carbons (Fsp3) is 0.588. The van der Waals surface area contributed by atoms with Crippen molar-refractivity contribution >= 4 is 11.0 Å². The summed E-state index contributed by atoms with van der Waals surface area (Å²) in [5, 5.41) is 3.52. The van der Waals surface area contributed by atoms with E-state index < -0.39 is 0 Å². The molecule has 3 nitrogen and oxygen atoms in total. The van der Waals surface area contributed by atoms with Crippen molar-refractivity contribution in [1.29, 1.82) is 0 Å². The van der Waals surface area contributed by atoms with Crippen LogP contribution in [0.3, 0.4) is 0 Å². The van der Waals surface area contributed by atoms with Crippen LogP contribution in [0.5, 0.6) is 0 Å². The van der Waals surface area contributed by atoms with Crippen LogP contribution in [0.15, 0.2) is 18.2 Å². The lowest BCUT2D eigenvalue weighted by atomic mass is 9.85. The minimum absolute atomic E-state index is 0.676. The number of aryl methyl sites for hydroxylation is 1. The zero-order valence-corrected chi connectivity index (χ0v) is 12.2. The summed E-state index contributed by atoms with van der Waals surface area (Å²) < 4.78 is 2.33. The van der Waals surface area contributed by atoms with E-state index in [1.165, 1.54) is 61.1 Å². The molecule has 0 spiro atoms. The van der Waals surface area contributed by atoms with Gasteiger partial charge in [-0.2, -0.15) is 0 Å². The van der Waals surface area contributed by atoms with E-state index in [0.29, 0.717) is 11.8 Å². The van der Waals surface area contributed by atoms with E-state index in [1.807, 2.05) is 0 Å². The molecule has 1 aromatic carbocycles. The summed E-state index contributed by atoms with van der Waals surface area (Å²) in [5.74, 6) is 2.67. The van der Waals surface area contributed by atoms with E-state index >= 15 is 0 Å². The number of hydrogen-bond acceptors (Lipinski definition) is 2. The summed E-state index contributed by atoms with van der Waals surface area (Å²) in [6, 6.07) is 6.89. The van der Waals surface area contributed by atoms with Crippen molar-refractivity contribution in [2.75, 3.05) is 13.1 Å². The number of hydrogen-bond donors (Lipinski definition) is 1. The molecule has 0 bridgehead atoms. The monoisotopic (exact) mass is 269 g/mol. The number of piperidine rings is 1. The van der Waals surface area contributed by atoms with Crippen LogP contribution in [-0.4, -0.2) is 22.6 Å². The predicted octanol–water partition coefficient (Wildman–Crippen LogP) is 3.31. The number of nitrogens with one attached hydrogen (secondary N) is 1. The number of aromatic nitrogens is 2. The van der Waals surface area contributed by atoms with Crippen LogP contribution in [0.1, 0.15) is 55.3 Å². The average Bonchev–Trinajstić information content (AvgIpc) is 2.75. The van der Waals surface area contributed by atoms with Crippen molar-refractivity contribution in [3.05, 3.63) is 29.6 Å². The second kappa shape index (κ2) is 4.88. The fourth-order valence-electron chi connectivity index (χ4n) is 3.65. The summed E-state index contributed by atoms with van der Waals surface area (Å²) >= 11 is 0. The molecule has 1 unspecified atom stereocenters. The van der Waals surface area contributed by atoms with E-state index in [2.05, 4.69) is 35.1 Å². The molecule has 2 aromatic rings. The Morgan fingerprint density at radius 1 is 1.15 bits per heavy atom. The quantitative estimate of drug-likeness (QED) is 0.906. The molecule has 20 heavy (non-hydrogen) atoms. The molecule has 2 heterocycles. The molecule has 4 rings (SSSR count). The van der Waals surface area contributed by atoms with Gasteiger partial charge >= 0.3 is 0 Å². The highest BCUT2D eigenvalue weighted by atomic mass is 15.1. The molecular weight excluding hydrogens is 246 g/mol. The first-order valence-electron chi connectivity index (χ1n) is 8.00. The number of fused-ring (bicyclic) bond motifs is 1. The van der Waals surface area contributed by atoms with Crippen LogP contribution in [0.4, 0.5) is 0 Å². The minimum Gasteiger partial charge on any atom is -0.331 e. The summed E-state index contributed by atoms with van der Waals surface area (Å²) in [4.78, 5) is 4.87. The number of imidazole rings is 1. The van der Waals surface area contributed by atoms with E-state index in [-0.39, 0.29) is 0 Å². The molecule has 1 saturated carbocycles. The zero-order chi connectivity index (χ0) is 13.5. The molecule has 1 atom stereocenters. The van der Waals surface area contributed by atoms with Gasteiger partial charge in [0.05, 0.1) is 11.0 Å². The Morgan fingerprint density at radius 2 is 2.00 bits per heavy atom. The van der Waals surface area contributed by atoms with Crippen molar-refractivity contribution in [3.63, 3.8) is 0 Å². The van der Waals surface area contributed by atoms with Gasteiger partial charge in [-0.05, 0) is 55.8 Å². The molecule has 1 saturated heterocycles. The van der Waals surface area contributed by atoms with Gasteiger partial charge in [-0.1, -0.05) is 12.5 Å². The second-order valence-corrected chi connectivity index (χ2v) is 6.45. The molecule has 2 fully saturated rings. The SMILES string of the molecule is Cn1c(C2CCC2)nc2ccc(C3CCCNC3)cc21. The van der Waals surface area contributed by atoms with Crippen LogP contribution < -0.4 is 5.32 Å². The van der Waals surface area contributed by atoms with Gasteiger partial charge in [-0.3, -0.25) is 0 Å². The van der Waals surface area contributed by atoms with Gasteiger partial charge in [0.25, 0.3) is 0 Å². The Labute approximate surface area is 120 Å². The van der Waals surface area contributed by atoms with E-state index in [0.717, 1.165) is 6.54 Å². The average molecular weight is 269 g/mol. The molecule has 1 N–H and O–H groups in total. The highest BCUT2D eigenvalue weighted by Gasteiger charge is 2.25. The van der Waals surface area contributed by atoms with Crippen molar-refractivity contribution in [3.8, 4) is 0 Å². The third-order valence-electron chi connectivity index (χ3n) is 5.18. The van der Waals surface area contributed by atoms with Crippen molar-refractivity contribution < 1.29 is 0 Å². The lowest BCUT2D eigenvalue weighted by Crippen LogP contribution is -2.28. The number of nitrogens with zero attached hydrogens (tertiary/aromatic N) is 2. The van der Waals surface area contributed by atoms with Gasteiger partial charge in [0, 0.05) is 19.5 Å². The topological polar surface area (TPSA) is 29.9 Å². The van der Waals surface area contributed by atoms with Crippen LogP contribution in [0.25, 0.3) is 11.0 Å². The predicted molar refractivity (Wildman–Crippen MR) is 82.2 cm³/mol. The molecule has 3 heteroatoms. The van der Waals surface area contributed by atoms with Gasteiger partial charge in [0.1, 0.15) is 5.82 Å². The lowest BCUT2D eigenvalue weighted by Gasteiger charge is -2.24. The molecule has 0 amide bonds. The largest absolute Gasteiger partial charge is 0.331 e. The molecule has 2 aliphatic rings. The summed E-state index contributed by atoms with van der Waals surface area (Å²) in [7, 11) is 2.19. The standard InChI is InChI=1S/C17H23N3/c1-20-16-10-13(14-6-3-9-18-11-14)7-8-15(16)19-17(20)12-4-2-5-12/h7-8,10,12,14,18H,2-6,9,11H2,1H3. The van der Waals surface area contributed by atoms with Gasteiger partial charge in [0.2, 0.25) is 0 Å². The van der Waals surface area contributed by atoms with Crippen LogP contribution in [0, 0.1) is 0 Å². The Hall–Kier alpha value is -1.35. The molecule has 1 aliphatic heterocycles. The summed E-state index contributed by atoms with van der Waals surface area (Å²) in [5.41, 5.74) is 3.96. The molecule has 1 aliphatic carbocycles. The smallest absolute Gasteiger partial charge is 0.112 e. The molecule has 1 aromatic heterocycles. The van der Waals surface area contributed by atoms with E-state index in [4.69, 9.17) is 4.98 Å². The van der Waals surface area contributed by atoms with E-state index in [9.17, 15) is 0 Å². The maximum Gasteiger partial charge on any atom is 0.112 e. The third kappa shape index (κ3) is 1.96. The van der Waals surface area contributed by atoms with Crippen LogP contribution in [-0.2, 0) is 7.05 Å². The third-order valence-corrected chi connectivity index (χ3v) is 5.18. The highest BCUT2D eigenvalue weighted by Crippen LogP contribution is 2.37. The first-order chi connectivity index (χ1) is 9.83. The lowest BCUT2D eigenvalue weighted by molar-refractivity contribution is 0.394. The summed E-state index contributed by atoms with van der Waals surface area (Å²) in [6.07, 6.45) is 6.60. The molecule has 0 radical (unpaired) electrons. The number of rotatable bonds is 2. The Morgan fingerprint density at radius 3 is 2.70 bits per heavy atom. The maximum absolute atomic E-state index is 4.87. The first-order valence-corrected chi connectivity index (χ1v) is 8.00. The fourth-order valence-corrected chi connectivity index (χ4v) is 3.65. The van der Waals surface area contributed by atoms with Gasteiger partial charge < -0.3 is 9.88 Å². The normalized spacial score (nSPS) is 23.9. The summed E-state index contributed by atoms with van der Waals surface area (Å²) in [6.45, 7) is 2.30. The van der Waals surface area contributed by atoms with Crippen molar-refractivity contribution in [1.82, 2.24) is 14.9 Å². The Balaban J connectivity index is 1.72. The van der Waals surface area contributed by atoms with Gasteiger partial charge in [-0.25, -0.2) is 4.98 Å². The maximum atomic E-state index is 4.87. The molecule has 106 valence electrons. The Kier molecular flexibility index (Phi) is 3.03. The number of benzene rings is 1. The minimum atomic E-state index is 0.676. The van der Waals surface area contributed by atoms with Crippen molar-refractivity contribution in [2.45, 2.75) is 43.9 Å². The van der Waals surface area contributed by atoms with Gasteiger partial charge in [0.15, 0.2) is 0 Å². The van der Waals surface area contributed by atoms with E-state index in [1.54, 1.807) is 0 Å².